The van der Waals surface area contributed by atoms with Gasteiger partial charge in [0.2, 0.25) is 0 Å². The molecule has 1 aromatic carbocycles. The Balaban J connectivity index is 2.14. The fourth-order valence-corrected chi connectivity index (χ4v) is 6.00. The quantitative estimate of drug-likeness (QED) is 0.366. The van der Waals surface area contributed by atoms with Gasteiger partial charge in [-0.3, -0.25) is 4.58 Å². The molecule has 1 aromatic rings. The highest BCUT2D eigenvalue weighted by molar-refractivity contribution is 6.84. The predicted octanol–water partition coefficient (Wildman–Crippen LogP) is 5.82. The second kappa shape index (κ2) is 6.64. The molecule has 2 aliphatic rings. The first-order chi connectivity index (χ1) is 11.7. The second-order valence-corrected chi connectivity index (χ2v) is 14.0. The minimum absolute atomic E-state index is 0.543. The molecule has 0 atom stereocenters. The van der Waals surface area contributed by atoms with Gasteiger partial charge in [-0.05, 0) is 42.0 Å². The van der Waals surface area contributed by atoms with Crippen LogP contribution in [0.2, 0.25) is 19.6 Å². The minimum Gasteiger partial charge on any atom is -0.255 e. The summed E-state index contributed by atoms with van der Waals surface area (Å²) in [6.07, 6.45) is 9.85. The van der Waals surface area contributed by atoms with E-state index in [2.05, 4.69) is 76.1 Å². The van der Waals surface area contributed by atoms with E-state index in [0.717, 1.165) is 0 Å². The van der Waals surface area contributed by atoms with Crippen molar-refractivity contribution in [2.45, 2.75) is 66.1 Å². The average molecular weight is 352 g/mol. The van der Waals surface area contributed by atoms with Crippen molar-refractivity contribution < 1.29 is 4.58 Å². The van der Waals surface area contributed by atoms with E-state index >= 15 is 0 Å². The summed E-state index contributed by atoms with van der Waals surface area (Å²) < 4.78 is 2.15. The minimum atomic E-state index is -1.40. The van der Waals surface area contributed by atoms with E-state index in [1.54, 1.807) is 16.3 Å². The Labute approximate surface area is 155 Å². The van der Waals surface area contributed by atoms with Crippen molar-refractivity contribution in [1.82, 2.24) is 0 Å². The van der Waals surface area contributed by atoms with Crippen molar-refractivity contribution in [3.63, 3.8) is 0 Å². The number of rotatable bonds is 3. The maximum atomic E-state index is 4.40. The maximum absolute atomic E-state index is 4.40. The summed E-state index contributed by atoms with van der Waals surface area (Å²) >= 11 is 0. The molecule has 0 aromatic heterocycles. The van der Waals surface area contributed by atoms with E-state index in [0.29, 0.717) is 5.92 Å². The molecule has 0 radical (unpaired) electrons. The summed E-state index contributed by atoms with van der Waals surface area (Å²) in [6, 6.07) is 5.95. The zero-order valence-corrected chi connectivity index (χ0v) is 17.9. The lowest BCUT2D eigenvalue weighted by atomic mass is 9.82. The molecule has 1 aliphatic carbocycles. The topological polar surface area (TPSA) is 3.01 Å². The molecule has 0 unspecified atom stereocenters. The molecule has 2 heteroatoms. The molecule has 0 saturated carbocycles. The fraction of sp³-hybridized carbons (Fsp3) is 0.478. The summed E-state index contributed by atoms with van der Waals surface area (Å²) in [5.41, 5.74) is 7.46. The van der Waals surface area contributed by atoms with Crippen LogP contribution in [0.15, 0.2) is 35.2 Å². The molecule has 1 heterocycles. The molecule has 1 nitrogen and oxygen atoms in total. The smallest absolute Gasteiger partial charge is 0.147 e. The van der Waals surface area contributed by atoms with E-state index in [-0.39, 0.29) is 0 Å². The number of aryl methyl sites for hydroxylation is 2. The van der Waals surface area contributed by atoms with Crippen LogP contribution in [0, 0.1) is 18.9 Å². The van der Waals surface area contributed by atoms with E-state index in [9.17, 15) is 0 Å². The average Bonchev–Trinajstić information content (AvgIpc) is 2.54. The van der Waals surface area contributed by atoms with Crippen LogP contribution in [0.25, 0.3) is 0 Å². The van der Waals surface area contributed by atoms with E-state index < -0.39 is 8.07 Å². The molecule has 0 spiro atoms. The van der Waals surface area contributed by atoms with Crippen molar-refractivity contribution in [3.8, 4) is 0 Å². The Morgan fingerprint density at radius 1 is 1.12 bits per heavy atom. The predicted molar refractivity (Wildman–Crippen MR) is 112 cm³/mol. The number of allylic oxidation sites excluding steroid dienone is 2. The Kier molecular flexibility index (Phi) is 4.85. The molecule has 0 N–H and O–H groups in total. The first kappa shape index (κ1) is 18.3. The number of nitrogens with zero attached hydrogens (tertiary/aromatic N) is 1. The van der Waals surface area contributed by atoms with Gasteiger partial charge in [0.1, 0.15) is 12.2 Å². The van der Waals surface area contributed by atoms with Crippen LogP contribution in [0.3, 0.4) is 0 Å². The summed E-state index contributed by atoms with van der Waals surface area (Å²) in [7, 11) is -1.40. The van der Waals surface area contributed by atoms with Crippen LogP contribution in [0.5, 0.6) is 0 Å². The number of benzene rings is 1. The molecular formula is C23H33NSi. The largest absolute Gasteiger partial charge is 0.255 e. The summed E-state index contributed by atoms with van der Waals surface area (Å²) in [5, 5.41) is 1.55. The van der Waals surface area contributed by atoms with Crippen LogP contribution in [-0.2, 0) is 12.8 Å². The Bertz CT molecular complexity index is 759. The van der Waals surface area contributed by atoms with Gasteiger partial charge >= 0.3 is 0 Å². The number of hydrogen-bond acceptors (Lipinski definition) is 0. The van der Waals surface area contributed by atoms with Crippen LogP contribution >= 0.6 is 0 Å². The molecular weight excluding hydrogens is 318 g/mol. The number of fused-ring (bicyclic) bond motifs is 1. The second-order valence-electron chi connectivity index (χ2n) is 9.00. The monoisotopic (exact) mass is 351 g/mol. The lowest BCUT2D eigenvalue weighted by molar-refractivity contribution is -0.418. The van der Waals surface area contributed by atoms with Gasteiger partial charge in [-0.2, -0.15) is 0 Å². The van der Waals surface area contributed by atoms with Crippen LogP contribution < -0.4 is 0 Å². The van der Waals surface area contributed by atoms with Gasteiger partial charge in [0.25, 0.3) is 0 Å². The lowest BCUT2D eigenvalue weighted by Crippen LogP contribution is -2.32. The van der Waals surface area contributed by atoms with Crippen LogP contribution in [-0.4, -0.2) is 19.4 Å². The van der Waals surface area contributed by atoms with Crippen LogP contribution in [0.4, 0.5) is 0 Å². The van der Waals surface area contributed by atoms with Gasteiger partial charge in [0.15, 0.2) is 0 Å². The van der Waals surface area contributed by atoms with Crippen molar-refractivity contribution in [3.05, 3.63) is 63.5 Å². The van der Waals surface area contributed by atoms with Crippen molar-refractivity contribution in [2.24, 2.45) is 5.92 Å². The molecule has 0 saturated heterocycles. The lowest BCUT2D eigenvalue weighted by Gasteiger charge is -2.34. The first-order valence-corrected chi connectivity index (χ1v) is 13.2. The summed E-state index contributed by atoms with van der Waals surface area (Å²) in [4.78, 5) is 0. The van der Waals surface area contributed by atoms with Crippen molar-refractivity contribution in [1.29, 1.82) is 0 Å². The normalized spacial score (nSPS) is 18.2. The highest BCUT2D eigenvalue weighted by Crippen LogP contribution is 2.39. The standard InChI is InChI=1S/C23H33NSi/c1-16(2)20-14-21(24(4)15-22(20)25(5,6)7)23-17(3)12-13-18-10-8-9-11-19(18)23/h12-16H,4,8-11H2,1-3,5-7H3. The number of hydrogen-bond donors (Lipinski definition) is 0. The van der Waals surface area contributed by atoms with Crippen LogP contribution in [0.1, 0.15) is 48.9 Å². The van der Waals surface area contributed by atoms with E-state index in [1.807, 2.05) is 0 Å². The zero-order chi connectivity index (χ0) is 18.4. The molecule has 1 aliphatic heterocycles. The Morgan fingerprint density at radius 2 is 1.80 bits per heavy atom. The summed E-state index contributed by atoms with van der Waals surface area (Å²) in [6.45, 7) is 18.6. The third-order valence-electron chi connectivity index (χ3n) is 5.62. The van der Waals surface area contributed by atoms with Gasteiger partial charge in [-0.15, -0.1) is 0 Å². The van der Waals surface area contributed by atoms with Gasteiger partial charge in [-0.1, -0.05) is 81.2 Å². The van der Waals surface area contributed by atoms with E-state index in [1.165, 1.54) is 48.4 Å². The molecule has 3 rings (SSSR count). The van der Waals surface area contributed by atoms with Crippen molar-refractivity contribution in [2.75, 3.05) is 0 Å². The van der Waals surface area contributed by atoms with Gasteiger partial charge in [0.05, 0.1) is 14.8 Å². The molecule has 0 amide bonds. The third-order valence-corrected chi connectivity index (χ3v) is 7.66. The first-order valence-electron chi connectivity index (χ1n) is 9.73. The van der Waals surface area contributed by atoms with Gasteiger partial charge in [0, 0.05) is 0 Å². The SMILES string of the molecule is C=[N+]1C=C([Si](C)(C)C)C(C(C)C)=C[C-]1c1c(C)ccc2c1CCCC2. The van der Waals surface area contributed by atoms with Crippen molar-refractivity contribution >= 4 is 14.8 Å². The highest BCUT2D eigenvalue weighted by Gasteiger charge is 2.31. The highest BCUT2D eigenvalue weighted by atomic mass is 28.3. The molecule has 0 bridgehead atoms. The third kappa shape index (κ3) is 3.42. The maximum Gasteiger partial charge on any atom is 0.147 e. The molecule has 25 heavy (non-hydrogen) atoms. The summed E-state index contributed by atoms with van der Waals surface area (Å²) in [5.74, 6) is 0.543. The molecule has 0 fully saturated rings. The fourth-order valence-electron chi connectivity index (χ4n) is 4.23. The van der Waals surface area contributed by atoms with Gasteiger partial charge in [-0.25, -0.2) is 0 Å². The molecule has 134 valence electrons. The van der Waals surface area contributed by atoms with Gasteiger partial charge < -0.3 is 0 Å². The zero-order valence-electron chi connectivity index (χ0n) is 16.9. The Hall–Kier alpha value is -1.54. The Morgan fingerprint density at radius 3 is 2.44 bits per heavy atom. The van der Waals surface area contributed by atoms with E-state index in [4.69, 9.17) is 0 Å².